The van der Waals surface area contributed by atoms with Crippen LogP contribution in [0.4, 0.5) is 0 Å². The van der Waals surface area contributed by atoms with Crippen LogP contribution in [0.2, 0.25) is 0 Å². The molecule has 0 aromatic heterocycles. The number of carboxylic acids is 1. The molecular weight excluding hydrogens is 206 g/mol. The quantitative estimate of drug-likeness (QED) is 0.697. The standard InChI is InChI=1S/C12H19NO3/c1-2-7-13(8-9-3-4-9)10(14)12(5-6-12)11(15)16/h9H,2-8H2,1H3,(H,15,16). The van der Waals surface area contributed by atoms with Crippen LogP contribution < -0.4 is 0 Å². The molecule has 2 saturated carbocycles. The summed E-state index contributed by atoms with van der Waals surface area (Å²) in [4.78, 5) is 25.0. The lowest BCUT2D eigenvalue weighted by atomic mass is 10.1. The second-order valence-corrected chi connectivity index (χ2v) is 5.08. The van der Waals surface area contributed by atoms with Crippen LogP contribution >= 0.6 is 0 Å². The molecule has 4 heteroatoms. The summed E-state index contributed by atoms with van der Waals surface area (Å²) in [6.07, 6.45) is 4.31. The highest BCUT2D eigenvalue weighted by Gasteiger charge is 2.58. The summed E-state index contributed by atoms with van der Waals surface area (Å²) in [5.41, 5.74) is -1.05. The van der Waals surface area contributed by atoms with Gasteiger partial charge >= 0.3 is 5.97 Å². The van der Waals surface area contributed by atoms with Gasteiger partial charge in [0, 0.05) is 13.1 Å². The molecule has 2 rings (SSSR count). The van der Waals surface area contributed by atoms with Crippen molar-refractivity contribution in [2.24, 2.45) is 11.3 Å². The van der Waals surface area contributed by atoms with Gasteiger partial charge in [-0.25, -0.2) is 0 Å². The van der Waals surface area contributed by atoms with E-state index in [1.807, 2.05) is 6.92 Å². The SMILES string of the molecule is CCCN(CC1CC1)C(=O)C1(C(=O)O)CC1. The fourth-order valence-electron chi connectivity index (χ4n) is 2.10. The summed E-state index contributed by atoms with van der Waals surface area (Å²) in [7, 11) is 0. The largest absolute Gasteiger partial charge is 0.480 e. The normalized spacial score (nSPS) is 21.6. The first-order chi connectivity index (χ1) is 7.60. The number of hydrogen-bond donors (Lipinski definition) is 1. The Balaban J connectivity index is 2.01. The van der Waals surface area contributed by atoms with Gasteiger partial charge in [0.05, 0.1) is 0 Å². The third kappa shape index (κ3) is 2.06. The van der Waals surface area contributed by atoms with Crippen molar-refractivity contribution in [3.63, 3.8) is 0 Å². The second-order valence-electron chi connectivity index (χ2n) is 5.08. The predicted octanol–water partition coefficient (Wildman–Crippen LogP) is 1.50. The Hall–Kier alpha value is -1.06. The Kier molecular flexibility index (Phi) is 2.91. The topological polar surface area (TPSA) is 57.6 Å². The second kappa shape index (κ2) is 4.07. The monoisotopic (exact) mass is 225 g/mol. The van der Waals surface area contributed by atoms with E-state index >= 15 is 0 Å². The summed E-state index contributed by atoms with van der Waals surface area (Å²) in [6.45, 7) is 3.49. The van der Waals surface area contributed by atoms with Gasteiger partial charge in [-0.05, 0) is 38.0 Å². The number of hydrogen-bond acceptors (Lipinski definition) is 2. The zero-order valence-corrected chi connectivity index (χ0v) is 9.74. The van der Waals surface area contributed by atoms with Gasteiger partial charge in [-0.15, -0.1) is 0 Å². The van der Waals surface area contributed by atoms with E-state index in [4.69, 9.17) is 5.11 Å². The van der Waals surface area contributed by atoms with Gasteiger partial charge in [0.25, 0.3) is 0 Å². The number of rotatable bonds is 6. The van der Waals surface area contributed by atoms with Crippen molar-refractivity contribution in [3.8, 4) is 0 Å². The van der Waals surface area contributed by atoms with Gasteiger partial charge in [-0.1, -0.05) is 6.92 Å². The molecule has 0 heterocycles. The van der Waals surface area contributed by atoms with Crippen LogP contribution in [0.3, 0.4) is 0 Å². The van der Waals surface area contributed by atoms with E-state index < -0.39 is 11.4 Å². The molecule has 2 aliphatic carbocycles. The van der Waals surface area contributed by atoms with Gasteiger partial charge in [0.2, 0.25) is 5.91 Å². The highest BCUT2D eigenvalue weighted by Crippen LogP contribution is 2.48. The highest BCUT2D eigenvalue weighted by atomic mass is 16.4. The average molecular weight is 225 g/mol. The first kappa shape index (κ1) is 11.4. The number of amides is 1. The Morgan fingerprint density at radius 2 is 2.00 bits per heavy atom. The van der Waals surface area contributed by atoms with Crippen LogP contribution in [0.1, 0.15) is 39.0 Å². The van der Waals surface area contributed by atoms with Crippen LogP contribution in [0, 0.1) is 11.3 Å². The number of carbonyl (C=O) groups is 2. The number of nitrogens with zero attached hydrogens (tertiary/aromatic N) is 1. The fraction of sp³-hybridized carbons (Fsp3) is 0.833. The van der Waals surface area contributed by atoms with E-state index in [9.17, 15) is 9.59 Å². The molecule has 4 nitrogen and oxygen atoms in total. The lowest BCUT2D eigenvalue weighted by molar-refractivity contribution is -0.153. The molecule has 90 valence electrons. The molecule has 2 aliphatic rings. The van der Waals surface area contributed by atoms with E-state index in [2.05, 4.69) is 0 Å². The molecule has 0 aromatic carbocycles. The highest BCUT2D eigenvalue weighted by molar-refractivity contribution is 6.04. The Morgan fingerprint density at radius 3 is 2.38 bits per heavy atom. The predicted molar refractivity (Wildman–Crippen MR) is 58.9 cm³/mol. The van der Waals surface area contributed by atoms with Gasteiger partial charge in [-0.2, -0.15) is 0 Å². The molecule has 2 fully saturated rings. The van der Waals surface area contributed by atoms with Crippen LogP contribution in [-0.2, 0) is 9.59 Å². The molecule has 0 aliphatic heterocycles. The molecule has 0 unspecified atom stereocenters. The van der Waals surface area contributed by atoms with Crippen LogP contribution in [-0.4, -0.2) is 35.0 Å². The van der Waals surface area contributed by atoms with E-state index in [1.165, 1.54) is 12.8 Å². The summed E-state index contributed by atoms with van der Waals surface area (Å²) in [6, 6.07) is 0. The van der Waals surface area contributed by atoms with Crippen LogP contribution in [0.25, 0.3) is 0 Å². The molecule has 0 spiro atoms. The molecular formula is C12H19NO3. The first-order valence-electron chi connectivity index (χ1n) is 6.13. The zero-order valence-electron chi connectivity index (χ0n) is 9.74. The minimum Gasteiger partial charge on any atom is -0.480 e. The molecule has 0 bridgehead atoms. The average Bonchev–Trinajstić information content (AvgIpc) is 3.11. The van der Waals surface area contributed by atoms with Crippen molar-refractivity contribution in [1.82, 2.24) is 4.90 Å². The Bertz CT molecular complexity index is 305. The van der Waals surface area contributed by atoms with Crippen molar-refractivity contribution in [2.45, 2.75) is 39.0 Å². The maximum absolute atomic E-state index is 12.2. The summed E-state index contributed by atoms with van der Waals surface area (Å²) in [5.74, 6) is -0.455. The summed E-state index contributed by atoms with van der Waals surface area (Å²) >= 11 is 0. The van der Waals surface area contributed by atoms with Gasteiger partial charge < -0.3 is 10.0 Å². The minimum atomic E-state index is -1.05. The molecule has 0 saturated heterocycles. The van der Waals surface area contributed by atoms with Crippen LogP contribution in [0.15, 0.2) is 0 Å². The molecule has 0 aromatic rings. The molecule has 0 atom stereocenters. The Morgan fingerprint density at radius 1 is 1.38 bits per heavy atom. The first-order valence-corrected chi connectivity index (χ1v) is 6.13. The lowest BCUT2D eigenvalue weighted by Crippen LogP contribution is -2.42. The number of aliphatic carboxylic acids is 1. The van der Waals surface area contributed by atoms with E-state index in [-0.39, 0.29) is 5.91 Å². The van der Waals surface area contributed by atoms with Crippen molar-refractivity contribution < 1.29 is 14.7 Å². The van der Waals surface area contributed by atoms with E-state index in [1.54, 1.807) is 4.90 Å². The molecule has 1 amide bonds. The van der Waals surface area contributed by atoms with Crippen molar-refractivity contribution in [2.75, 3.05) is 13.1 Å². The summed E-state index contributed by atoms with van der Waals surface area (Å²) in [5, 5.41) is 9.09. The third-order valence-corrected chi connectivity index (χ3v) is 3.53. The molecule has 16 heavy (non-hydrogen) atoms. The fourth-order valence-corrected chi connectivity index (χ4v) is 2.10. The zero-order chi connectivity index (χ0) is 11.8. The van der Waals surface area contributed by atoms with Crippen molar-refractivity contribution >= 4 is 11.9 Å². The lowest BCUT2D eigenvalue weighted by Gasteiger charge is -2.25. The van der Waals surface area contributed by atoms with Crippen molar-refractivity contribution in [1.29, 1.82) is 0 Å². The maximum atomic E-state index is 12.2. The Labute approximate surface area is 95.6 Å². The van der Waals surface area contributed by atoms with Gasteiger partial charge in [0.15, 0.2) is 0 Å². The van der Waals surface area contributed by atoms with Crippen LogP contribution in [0.5, 0.6) is 0 Å². The van der Waals surface area contributed by atoms with E-state index in [0.29, 0.717) is 25.3 Å². The van der Waals surface area contributed by atoms with E-state index in [0.717, 1.165) is 13.0 Å². The number of carbonyl (C=O) groups excluding carboxylic acids is 1. The maximum Gasteiger partial charge on any atom is 0.319 e. The van der Waals surface area contributed by atoms with Gasteiger partial charge in [-0.3, -0.25) is 9.59 Å². The molecule has 0 radical (unpaired) electrons. The van der Waals surface area contributed by atoms with Gasteiger partial charge in [0.1, 0.15) is 5.41 Å². The molecule has 1 N–H and O–H groups in total. The summed E-state index contributed by atoms with van der Waals surface area (Å²) < 4.78 is 0. The smallest absolute Gasteiger partial charge is 0.319 e. The third-order valence-electron chi connectivity index (χ3n) is 3.53. The van der Waals surface area contributed by atoms with Crippen molar-refractivity contribution in [3.05, 3.63) is 0 Å². The number of carboxylic acid groups (broad SMARTS) is 1. The minimum absolute atomic E-state index is 0.145.